The third-order valence-corrected chi connectivity index (χ3v) is 6.59. The van der Waals surface area contributed by atoms with Gasteiger partial charge in [0.1, 0.15) is 11.6 Å². The zero-order valence-corrected chi connectivity index (χ0v) is 25.0. The van der Waals surface area contributed by atoms with Crippen LogP contribution in [0.15, 0.2) is 42.6 Å². The first-order valence-electron chi connectivity index (χ1n) is 14.3. The molecule has 2 aromatic carbocycles. The predicted octanol–water partition coefficient (Wildman–Crippen LogP) is 3.90. The maximum absolute atomic E-state index is 14.9. The van der Waals surface area contributed by atoms with Gasteiger partial charge in [0.25, 0.3) is 0 Å². The lowest BCUT2D eigenvalue weighted by atomic mass is 9.93. The lowest BCUT2D eigenvalue weighted by molar-refractivity contribution is -0.0130. The number of ether oxygens (including phenoxy) is 6. The summed E-state index contributed by atoms with van der Waals surface area (Å²) in [5.74, 6) is -2.71. The number of aromatic amines is 1. The number of hydrogen-bond acceptors (Lipinski definition) is 9. The Morgan fingerprint density at radius 3 is 1.80 bits per heavy atom. The van der Waals surface area contributed by atoms with Crippen LogP contribution >= 0.6 is 0 Å². The SMILES string of the molecule is COC(=O)c1c[nH]c(C(=O)c2ccc(CCOCCOCCOCCOCCOCCO)cc2)c1-c1c(F)ccc(F)c1C. The fourth-order valence-corrected chi connectivity index (χ4v) is 4.30. The van der Waals surface area contributed by atoms with Gasteiger partial charge in [0.05, 0.1) is 91.0 Å². The zero-order valence-electron chi connectivity index (χ0n) is 25.0. The molecule has 0 saturated carbocycles. The van der Waals surface area contributed by atoms with Crippen molar-refractivity contribution in [3.8, 4) is 11.1 Å². The summed E-state index contributed by atoms with van der Waals surface area (Å²) in [4.78, 5) is 28.6. The fraction of sp³-hybridized carbons (Fsp3) is 0.438. The third kappa shape index (κ3) is 10.3. The van der Waals surface area contributed by atoms with E-state index >= 15 is 0 Å². The quantitative estimate of drug-likeness (QED) is 0.104. The summed E-state index contributed by atoms with van der Waals surface area (Å²) >= 11 is 0. The number of nitrogens with one attached hydrogen (secondary N) is 1. The van der Waals surface area contributed by atoms with Gasteiger partial charge in [0.2, 0.25) is 5.78 Å². The molecule has 0 bridgehead atoms. The Kier molecular flexibility index (Phi) is 15.1. The third-order valence-electron chi connectivity index (χ3n) is 6.59. The molecular weight excluding hydrogens is 580 g/mol. The molecule has 44 heavy (non-hydrogen) atoms. The molecule has 0 aliphatic rings. The Hall–Kier alpha value is -3.52. The van der Waals surface area contributed by atoms with Crippen LogP contribution in [0.1, 0.15) is 37.5 Å². The highest BCUT2D eigenvalue weighted by Gasteiger charge is 2.28. The Morgan fingerprint density at radius 2 is 1.25 bits per heavy atom. The normalized spacial score (nSPS) is 11.2. The minimum absolute atomic E-state index is 0.00194. The van der Waals surface area contributed by atoms with Gasteiger partial charge in [-0.15, -0.1) is 0 Å². The molecule has 0 radical (unpaired) electrons. The van der Waals surface area contributed by atoms with Crippen molar-refractivity contribution in [3.63, 3.8) is 0 Å². The summed E-state index contributed by atoms with van der Waals surface area (Å²) in [6, 6.07) is 8.79. The number of hydrogen-bond donors (Lipinski definition) is 2. The number of aliphatic hydroxyl groups excluding tert-OH is 1. The van der Waals surface area contributed by atoms with Gasteiger partial charge in [-0.2, -0.15) is 0 Å². The zero-order chi connectivity index (χ0) is 31.7. The van der Waals surface area contributed by atoms with E-state index in [2.05, 4.69) is 4.98 Å². The standard InChI is InChI=1S/C32H39F2NO9/c1-22-26(33)7-8-27(34)28(22)29-25(32(38)39-2)21-35-30(29)31(37)24-5-3-23(4-6-24)9-11-40-13-15-42-17-19-44-20-18-43-16-14-41-12-10-36/h3-8,21,35-36H,9-20H2,1-2H3. The lowest BCUT2D eigenvalue weighted by Gasteiger charge is -2.12. The molecule has 0 spiro atoms. The molecule has 0 aliphatic carbocycles. The molecule has 0 amide bonds. The minimum atomic E-state index is -0.785. The Balaban J connectivity index is 1.42. The van der Waals surface area contributed by atoms with Crippen LogP contribution in [-0.2, 0) is 34.8 Å². The number of aromatic nitrogens is 1. The Labute approximate surface area is 255 Å². The Morgan fingerprint density at radius 1 is 0.727 bits per heavy atom. The van der Waals surface area contributed by atoms with E-state index in [1.165, 1.54) is 20.2 Å². The van der Waals surface area contributed by atoms with Crippen LogP contribution in [0.5, 0.6) is 0 Å². The predicted molar refractivity (Wildman–Crippen MR) is 157 cm³/mol. The number of benzene rings is 2. The van der Waals surface area contributed by atoms with Gasteiger partial charge in [-0.3, -0.25) is 4.79 Å². The molecule has 1 aromatic heterocycles. The number of carbonyl (C=O) groups excluding carboxylic acids is 2. The van der Waals surface area contributed by atoms with Crippen LogP contribution in [0.25, 0.3) is 11.1 Å². The fourth-order valence-electron chi connectivity index (χ4n) is 4.30. The highest BCUT2D eigenvalue weighted by Crippen LogP contribution is 2.35. The van der Waals surface area contributed by atoms with E-state index in [0.717, 1.165) is 17.7 Å². The number of H-pyrrole nitrogens is 1. The molecule has 0 saturated heterocycles. The average Bonchev–Trinajstić information content (AvgIpc) is 3.47. The Bertz CT molecular complexity index is 1330. The molecule has 0 atom stereocenters. The number of rotatable bonds is 21. The number of halogens is 2. The van der Waals surface area contributed by atoms with Gasteiger partial charge in [-0.1, -0.05) is 24.3 Å². The molecule has 10 nitrogen and oxygen atoms in total. The van der Waals surface area contributed by atoms with E-state index in [1.807, 2.05) is 0 Å². The van der Waals surface area contributed by atoms with Crippen molar-refractivity contribution in [1.82, 2.24) is 4.98 Å². The number of methoxy groups -OCH3 is 1. The summed E-state index contributed by atoms with van der Waals surface area (Å²) in [5.41, 5.74) is 0.864. The minimum Gasteiger partial charge on any atom is -0.465 e. The lowest BCUT2D eigenvalue weighted by Crippen LogP contribution is -2.14. The molecule has 0 unspecified atom stereocenters. The second kappa shape index (κ2) is 19.0. The maximum Gasteiger partial charge on any atom is 0.340 e. The molecular formula is C32H39F2NO9. The van der Waals surface area contributed by atoms with E-state index in [1.54, 1.807) is 24.3 Å². The summed E-state index contributed by atoms with van der Waals surface area (Å²) in [6.45, 7) is 5.66. The van der Waals surface area contributed by atoms with Crippen molar-refractivity contribution in [1.29, 1.82) is 0 Å². The van der Waals surface area contributed by atoms with E-state index < -0.39 is 23.4 Å². The van der Waals surface area contributed by atoms with Crippen LogP contribution < -0.4 is 0 Å². The van der Waals surface area contributed by atoms with Gasteiger partial charge >= 0.3 is 5.97 Å². The van der Waals surface area contributed by atoms with Crippen molar-refractivity contribution in [2.75, 3.05) is 79.8 Å². The molecule has 12 heteroatoms. The molecule has 1 heterocycles. The van der Waals surface area contributed by atoms with E-state index in [4.69, 9.17) is 33.5 Å². The topological polar surface area (TPSA) is 126 Å². The number of esters is 1. The molecule has 240 valence electrons. The second-order valence-corrected chi connectivity index (χ2v) is 9.53. The first-order valence-corrected chi connectivity index (χ1v) is 14.3. The second-order valence-electron chi connectivity index (χ2n) is 9.53. The van der Waals surface area contributed by atoms with Gasteiger partial charge in [-0.05, 0) is 36.6 Å². The van der Waals surface area contributed by atoms with Crippen LogP contribution in [0, 0.1) is 18.6 Å². The van der Waals surface area contributed by atoms with Gasteiger partial charge in [0.15, 0.2) is 0 Å². The van der Waals surface area contributed by atoms with Crippen molar-refractivity contribution in [3.05, 3.63) is 82.2 Å². The van der Waals surface area contributed by atoms with E-state index in [9.17, 15) is 18.4 Å². The van der Waals surface area contributed by atoms with Crippen molar-refractivity contribution in [2.45, 2.75) is 13.3 Å². The van der Waals surface area contributed by atoms with Crippen molar-refractivity contribution in [2.24, 2.45) is 0 Å². The van der Waals surface area contributed by atoms with Crippen LogP contribution in [0.2, 0.25) is 0 Å². The van der Waals surface area contributed by atoms with Gasteiger partial charge in [0, 0.05) is 22.9 Å². The summed E-state index contributed by atoms with van der Waals surface area (Å²) in [7, 11) is 1.17. The molecule has 0 fully saturated rings. The van der Waals surface area contributed by atoms with Crippen molar-refractivity contribution >= 4 is 11.8 Å². The number of aliphatic hydroxyl groups is 1. The summed E-state index contributed by atoms with van der Waals surface area (Å²) < 4.78 is 61.0. The number of ketones is 1. The molecule has 3 aromatic rings. The van der Waals surface area contributed by atoms with Gasteiger partial charge in [-0.25, -0.2) is 13.6 Å². The van der Waals surface area contributed by atoms with E-state index in [0.29, 0.717) is 78.1 Å². The first-order chi connectivity index (χ1) is 21.4. The van der Waals surface area contributed by atoms with Crippen molar-refractivity contribution < 1.29 is 51.9 Å². The van der Waals surface area contributed by atoms with Crippen LogP contribution in [0.3, 0.4) is 0 Å². The van der Waals surface area contributed by atoms with E-state index in [-0.39, 0.29) is 34.6 Å². The molecule has 0 aliphatic heterocycles. The average molecular weight is 620 g/mol. The summed E-state index contributed by atoms with van der Waals surface area (Å²) in [5, 5.41) is 8.60. The molecule has 3 rings (SSSR count). The highest BCUT2D eigenvalue weighted by atomic mass is 19.1. The first kappa shape index (κ1) is 35.0. The number of carbonyl (C=O) groups is 2. The smallest absolute Gasteiger partial charge is 0.340 e. The van der Waals surface area contributed by atoms with Crippen LogP contribution in [-0.4, -0.2) is 102 Å². The largest absolute Gasteiger partial charge is 0.465 e. The van der Waals surface area contributed by atoms with Crippen LogP contribution in [0.4, 0.5) is 8.78 Å². The molecule has 2 N–H and O–H groups in total. The van der Waals surface area contributed by atoms with Gasteiger partial charge < -0.3 is 38.5 Å². The maximum atomic E-state index is 14.9. The highest BCUT2D eigenvalue weighted by molar-refractivity contribution is 6.15. The monoisotopic (exact) mass is 619 g/mol. The summed E-state index contributed by atoms with van der Waals surface area (Å²) in [6.07, 6.45) is 1.87.